The van der Waals surface area contributed by atoms with Gasteiger partial charge in [-0.25, -0.2) is 0 Å². The minimum Gasteiger partial charge on any atom is -0.508 e. The van der Waals surface area contributed by atoms with Crippen molar-refractivity contribution < 1.29 is 15.0 Å². The van der Waals surface area contributed by atoms with Gasteiger partial charge >= 0.3 is 0 Å². The van der Waals surface area contributed by atoms with Crippen LogP contribution in [-0.2, 0) is 24.1 Å². The maximum atomic E-state index is 11.2. The molecule has 12 heteroatoms. The quantitative estimate of drug-likeness (QED) is 0.0425. The lowest BCUT2D eigenvalue weighted by Crippen LogP contribution is -2.47. The number of rotatable bonds is 26. The molecule has 0 aliphatic heterocycles. The Balaban J connectivity index is 1.23. The fraction of sp³-hybridized carbons (Fsp3) is 0.447. The number of carbonyl (C=O) groups excluding carboxylic acids is 1. The maximum Gasteiger partial charge on any atom is 0.218 e. The standard InChI is InChI=1S/C38H57N9O3/c39-14-16-44-33(23-30-24-47-37-4-2-1-3-36(30)37)27-43-18-20-46-32(22-29-7-11-35(49)12-8-29)26-42-17-19-45-31(25-41-15-13-38(40)50)21-28-5-9-34(48)10-6-28/h1-12,24,31-33,41-49H,13-23,25-27,39H2,(H2,40,50). The molecule has 0 fully saturated rings. The summed E-state index contributed by atoms with van der Waals surface area (Å²) in [5, 5.41) is 42.2. The minimum atomic E-state index is -0.318. The lowest BCUT2D eigenvalue weighted by atomic mass is 10.0. The molecule has 1 aromatic heterocycles. The van der Waals surface area contributed by atoms with Crippen LogP contribution in [0.2, 0.25) is 0 Å². The summed E-state index contributed by atoms with van der Waals surface area (Å²) in [6.07, 6.45) is 4.93. The first-order chi connectivity index (χ1) is 24.4. The number of fused-ring (bicyclic) bond motifs is 1. The summed E-state index contributed by atoms with van der Waals surface area (Å²) in [4.78, 5) is 14.5. The third-order valence-electron chi connectivity index (χ3n) is 8.75. The Morgan fingerprint density at radius 1 is 0.640 bits per heavy atom. The highest BCUT2D eigenvalue weighted by molar-refractivity contribution is 5.83. The molecule has 272 valence electrons. The summed E-state index contributed by atoms with van der Waals surface area (Å²) in [6, 6.07) is 23.7. The third kappa shape index (κ3) is 14.5. The molecule has 0 aliphatic carbocycles. The van der Waals surface area contributed by atoms with Gasteiger partial charge in [0, 0.05) is 107 Å². The van der Waals surface area contributed by atoms with E-state index in [2.05, 4.69) is 67.3 Å². The predicted octanol–water partition coefficient (Wildman–Crippen LogP) is 1.08. The summed E-state index contributed by atoms with van der Waals surface area (Å²) in [7, 11) is 0. The fourth-order valence-corrected chi connectivity index (χ4v) is 6.11. The largest absolute Gasteiger partial charge is 0.508 e. The zero-order valence-corrected chi connectivity index (χ0v) is 29.1. The number of nitrogens with two attached hydrogens (primary N) is 2. The lowest BCUT2D eigenvalue weighted by Gasteiger charge is -2.23. The van der Waals surface area contributed by atoms with E-state index in [1.165, 1.54) is 10.9 Å². The van der Waals surface area contributed by atoms with Crippen molar-refractivity contribution in [3.05, 3.63) is 95.7 Å². The van der Waals surface area contributed by atoms with Gasteiger partial charge in [0.1, 0.15) is 11.5 Å². The van der Waals surface area contributed by atoms with Crippen molar-refractivity contribution in [2.75, 3.05) is 65.4 Å². The number of carbonyl (C=O) groups is 1. The second-order valence-electron chi connectivity index (χ2n) is 12.9. The van der Waals surface area contributed by atoms with Crippen molar-refractivity contribution in [2.45, 2.75) is 43.8 Å². The Morgan fingerprint density at radius 3 is 1.68 bits per heavy atom. The van der Waals surface area contributed by atoms with Gasteiger partial charge in [0.25, 0.3) is 0 Å². The average molecular weight is 688 g/mol. The van der Waals surface area contributed by atoms with E-state index in [1.807, 2.05) is 24.3 Å². The number of phenolic OH excluding ortho intramolecular Hbond substituents is 2. The van der Waals surface area contributed by atoms with Crippen LogP contribution in [-0.4, -0.2) is 105 Å². The molecule has 0 saturated heterocycles. The minimum absolute atomic E-state index is 0.144. The number of amides is 1. The summed E-state index contributed by atoms with van der Waals surface area (Å²) in [5.41, 5.74) is 15.9. The van der Waals surface area contributed by atoms with Gasteiger partial charge < -0.3 is 58.6 Å². The molecule has 0 saturated carbocycles. The van der Waals surface area contributed by atoms with Crippen LogP contribution in [0.15, 0.2) is 79.0 Å². The van der Waals surface area contributed by atoms with Gasteiger partial charge in [-0.1, -0.05) is 42.5 Å². The van der Waals surface area contributed by atoms with Crippen LogP contribution in [0.3, 0.4) is 0 Å². The zero-order valence-electron chi connectivity index (χ0n) is 29.1. The first kappa shape index (κ1) is 38.8. The number of primary amides is 1. The second kappa shape index (κ2) is 21.9. The van der Waals surface area contributed by atoms with Crippen LogP contribution in [0.25, 0.3) is 10.9 Å². The Bertz CT molecular complexity index is 1510. The Labute approximate surface area is 296 Å². The van der Waals surface area contributed by atoms with E-state index in [-0.39, 0.29) is 35.5 Å². The highest BCUT2D eigenvalue weighted by Crippen LogP contribution is 2.19. The van der Waals surface area contributed by atoms with Crippen LogP contribution in [0.4, 0.5) is 0 Å². The molecule has 0 aliphatic rings. The van der Waals surface area contributed by atoms with Gasteiger partial charge in [0.05, 0.1) is 0 Å². The number of hydrogen-bond donors (Lipinski definition) is 11. The normalized spacial score (nSPS) is 13.4. The summed E-state index contributed by atoms with van der Waals surface area (Å²) < 4.78 is 0. The Hall–Kier alpha value is -4.01. The van der Waals surface area contributed by atoms with Crippen LogP contribution in [0.5, 0.6) is 11.5 Å². The average Bonchev–Trinajstić information content (AvgIpc) is 3.52. The number of benzene rings is 3. The molecule has 0 bridgehead atoms. The molecule has 1 heterocycles. The molecular weight excluding hydrogens is 630 g/mol. The van der Waals surface area contributed by atoms with E-state index in [4.69, 9.17) is 11.5 Å². The molecule has 3 unspecified atom stereocenters. The maximum absolute atomic E-state index is 11.2. The third-order valence-corrected chi connectivity index (χ3v) is 8.75. The van der Waals surface area contributed by atoms with Gasteiger partial charge in [0.15, 0.2) is 0 Å². The number of phenols is 2. The molecule has 3 atom stereocenters. The van der Waals surface area contributed by atoms with Crippen LogP contribution < -0.4 is 43.4 Å². The topological polar surface area (TPSA) is 198 Å². The molecular formula is C38H57N9O3. The molecule has 50 heavy (non-hydrogen) atoms. The van der Waals surface area contributed by atoms with Crippen molar-refractivity contribution in [2.24, 2.45) is 11.5 Å². The first-order valence-electron chi connectivity index (χ1n) is 17.8. The van der Waals surface area contributed by atoms with E-state index in [0.29, 0.717) is 26.1 Å². The highest BCUT2D eigenvalue weighted by atomic mass is 16.3. The number of nitrogens with one attached hydrogen (secondary N) is 7. The van der Waals surface area contributed by atoms with Gasteiger partial charge in [-0.15, -0.1) is 0 Å². The number of H-pyrrole nitrogens is 1. The molecule has 0 spiro atoms. The summed E-state index contributed by atoms with van der Waals surface area (Å²) in [6.45, 7) is 7.38. The van der Waals surface area contributed by atoms with Gasteiger partial charge in [-0.3, -0.25) is 4.79 Å². The van der Waals surface area contributed by atoms with Crippen LogP contribution in [0, 0.1) is 0 Å². The zero-order chi connectivity index (χ0) is 35.4. The van der Waals surface area contributed by atoms with E-state index in [1.54, 1.807) is 24.3 Å². The molecule has 3 aromatic carbocycles. The summed E-state index contributed by atoms with van der Waals surface area (Å²) in [5.74, 6) is 0.197. The number of aromatic nitrogens is 1. The molecule has 0 radical (unpaired) electrons. The van der Waals surface area contributed by atoms with E-state index in [9.17, 15) is 15.0 Å². The van der Waals surface area contributed by atoms with E-state index >= 15 is 0 Å². The van der Waals surface area contributed by atoms with Gasteiger partial charge in [-0.2, -0.15) is 0 Å². The smallest absolute Gasteiger partial charge is 0.218 e. The molecule has 13 N–H and O–H groups in total. The van der Waals surface area contributed by atoms with Crippen molar-refractivity contribution in [1.29, 1.82) is 0 Å². The van der Waals surface area contributed by atoms with Crippen molar-refractivity contribution >= 4 is 16.8 Å². The predicted molar refractivity (Wildman–Crippen MR) is 202 cm³/mol. The lowest BCUT2D eigenvalue weighted by molar-refractivity contribution is -0.117. The van der Waals surface area contributed by atoms with Crippen molar-refractivity contribution in [3.8, 4) is 11.5 Å². The Kier molecular flexibility index (Phi) is 17.0. The van der Waals surface area contributed by atoms with E-state index in [0.717, 1.165) is 81.7 Å². The summed E-state index contributed by atoms with van der Waals surface area (Å²) >= 11 is 0. The number of aromatic amines is 1. The van der Waals surface area contributed by atoms with Gasteiger partial charge in [-0.05, 0) is 66.3 Å². The van der Waals surface area contributed by atoms with Crippen LogP contribution in [0.1, 0.15) is 23.1 Å². The van der Waals surface area contributed by atoms with Crippen molar-refractivity contribution in [3.63, 3.8) is 0 Å². The highest BCUT2D eigenvalue weighted by Gasteiger charge is 2.14. The molecule has 12 nitrogen and oxygen atoms in total. The molecule has 4 rings (SSSR count). The Morgan fingerprint density at radius 2 is 1.14 bits per heavy atom. The molecule has 1 amide bonds. The monoisotopic (exact) mass is 687 g/mol. The van der Waals surface area contributed by atoms with Gasteiger partial charge in [0.2, 0.25) is 5.91 Å². The van der Waals surface area contributed by atoms with Crippen LogP contribution >= 0.6 is 0 Å². The SMILES string of the molecule is NCCNC(CNCCNC(CNCCNC(CNCCC(N)=O)Cc1ccc(O)cc1)Cc1ccc(O)cc1)Cc1c[nH]c2ccccc12. The van der Waals surface area contributed by atoms with Crippen molar-refractivity contribution in [1.82, 2.24) is 36.9 Å². The second-order valence-corrected chi connectivity index (χ2v) is 12.9. The fourth-order valence-electron chi connectivity index (χ4n) is 6.11. The number of aromatic hydroxyl groups is 2. The number of hydrogen-bond acceptors (Lipinski definition) is 10. The number of para-hydroxylation sites is 1. The first-order valence-corrected chi connectivity index (χ1v) is 17.8. The van der Waals surface area contributed by atoms with E-state index < -0.39 is 0 Å². The molecule has 4 aromatic rings.